The molecule has 7 heteroatoms. The van der Waals surface area contributed by atoms with Crippen LogP contribution in [0.15, 0.2) is 24.3 Å². The first kappa shape index (κ1) is 16.0. The molecule has 6 nitrogen and oxygen atoms in total. The van der Waals surface area contributed by atoms with Gasteiger partial charge in [0.15, 0.2) is 5.69 Å². The highest BCUT2D eigenvalue weighted by Gasteiger charge is 2.29. The molecule has 0 radical (unpaired) electrons. The normalized spacial score (nSPS) is 13.6. The Kier molecular flexibility index (Phi) is 4.65. The molecule has 0 saturated heterocycles. The van der Waals surface area contributed by atoms with Gasteiger partial charge in [-0.25, -0.2) is 4.79 Å². The second-order valence-electron chi connectivity index (χ2n) is 5.21. The Morgan fingerprint density at radius 3 is 2.91 bits per heavy atom. The number of carbonyl (C=O) groups excluding carboxylic acids is 2. The summed E-state index contributed by atoms with van der Waals surface area (Å²) in [6.07, 6.45) is 0.650. The van der Waals surface area contributed by atoms with Gasteiger partial charge in [0.05, 0.1) is 18.7 Å². The topological polar surface area (TPSA) is 75.3 Å². The molecule has 1 N–H and O–H groups in total. The summed E-state index contributed by atoms with van der Waals surface area (Å²) in [7, 11) is 0. The van der Waals surface area contributed by atoms with Crippen LogP contribution in [0.1, 0.15) is 39.0 Å². The summed E-state index contributed by atoms with van der Waals surface area (Å²) < 4.78 is 5.94. The molecule has 1 aliphatic rings. The molecule has 1 aromatic carbocycles. The van der Waals surface area contributed by atoms with Crippen molar-refractivity contribution in [3.8, 4) is 0 Å². The number of hydrogen-bond donors (Lipinski definition) is 1. The van der Waals surface area contributed by atoms with Crippen LogP contribution in [0, 0.1) is 3.57 Å². The van der Waals surface area contributed by atoms with E-state index in [0.717, 1.165) is 14.8 Å². The first-order valence-corrected chi connectivity index (χ1v) is 8.46. The summed E-state index contributed by atoms with van der Waals surface area (Å²) in [5.74, 6) is -0.481. The number of H-pyrrole nitrogens is 1. The molecule has 23 heavy (non-hydrogen) atoms. The van der Waals surface area contributed by atoms with Crippen LogP contribution in [0.25, 0.3) is 0 Å². The van der Waals surface area contributed by atoms with Crippen molar-refractivity contribution in [2.45, 2.75) is 19.9 Å². The third kappa shape index (κ3) is 3.10. The Hall–Kier alpha value is -1.90. The number of hydrogen-bond acceptors (Lipinski definition) is 4. The molecule has 0 unspecified atom stereocenters. The van der Waals surface area contributed by atoms with Crippen molar-refractivity contribution in [2.24, 2.45) is 0 Å². The van der Waals surface area contributed by atoms with Crippen molar-refractivity contribution in [3.05, 3.63) is 50.4 Å². The van der Waals surface area contributed by atoms with Gasteiger partial charge in [0, 0.05) is 27.8 Å². The van der Waals surface area contributed by atoms with Crippen LogP contribution in [-0.4, -0.2) is 40.1 Å². The quantitative estimate of drug-likeness (QED) is 0.606. The van der Waals surface area contributed by atoms with Crippen LogP contribution in [0.4, 0.5) is 0 Å². The smallest absolute Gasteiger partial charge is 0.359 e. The number of aromatic nitrogens is 2. The van der Waals surface area contributed by atoms with E-state index in [2.05, 4.69) is 32.8 Å². The molecule has 1 aromatic heterocycles. The van der Waals surface area contributed by atoms with Crippen LogP contribution in [-0.2, 0) is 17.7 Å². The molecular weight excluding hydrogens is 409 g/mol. The highest BCUT2D eigenvalue weighted by Crippen LogP contribution is 2.23. The standard InChI is InChI=1S/C16H16IN3O3/c1-2-23-16(22)14-11-9-20(8-7-13(11)18-19-14)15(21)10-5-3-4-6-12(10)17/h3-6H,2,7-9H2,1H3,(H,18,19). The van der Waals surface area contributed by atoms with E-state index < -0.39 is 5.97 Å². The van der Waals surface area contributed by atoms with E-state index in [-0.39, 0.29) is 11.6 Å². The lowest BCUT2D eigenvalue weighted by molar-refractivity contribution is 0.0513. The molecule has 0 bridgehead atoms. The average Bonchev–Trinajstić information content (AvgIpc) is 2.98. The van der Waals surface area contributed by atoms with Gasteiger partial charge in [0.2, 0.25) is 0 Å². The Bertz CT molecular complexity index is 757. The summed E-state index contributed by atoms with van der Waals surface area (Å²) in [6, 6.07) is 7.49. The molecule has 0 aliphatic carbocycles. The monoisotopic (exact) mass is 425 g/mol. The number of aromatic amines is 1. The molecular formula is C16H16IN3O3. The number of nitrogens with zero attached hydrogens (tertiary/aromatic N) is 2. The first-order chi connectivity index (χ1) is 11.1. The molecule has 120 valence electrons. The average molecular weight is 425 g/mol. The van der Waals surface area contributed by atoms with E-state index in [4.69, 9.17) is 4.74 Å². The van der Waals surface area contributed by atoms with E-state index in [9.17, 15) is 9.59 Å². The summed E-state index contributed by atoms with van der Waals surface area (Å²) >= 11 is 2.16. The Balaban J connectivity index is 1.85. The second-order valence-corrected chi connectivity index (χ2v) is 6.37. The number of nitrogens with one attached hydrogen (secondary N) is 1. The number of carbonyl (C=O) groups is 2. The van der Waals surface area contributed by atoms with Gasteiger partial charge in [-0.2, -0.15) is 5.10 Å². The lowest BCUT2D eigenvalue weighted by Crippen LogP contribution is -2.36. The number of esters is 1. The van der Waals surface area contributed by atoms with Crippen molar-refractivity contribution in [1.82, 2.24) is 15.1 Å². The number of benzene rings is 1. The molecule has 0 atom stereocenters. The first-order valence-electron chi connectivity index (χ1n) is 7.38. The van der Waals surface area contributed by atoms with Gasteiger partial charge < -0.3 is 9.64 Å². The minimum absolute atomic E-state index is 0.0309. The SMILES string of the molecule is CCOC(=O)c1n[nH]c2c1CN(C(=O)c1ccccc1I)CC2. The molecule has 1 aliphatic heterocycles. The highest BCUT2D eigenvalue weighted by atomic mass is 127. The van der Waals surface area contributed by atoms with Crippen LogP contribution in [0.3, 0.4) is 0 Å². The fourth-order valence-corrected chi connectivity index (χ4v) is 3.26. The summed E-state index contributed by atoms with van der Waals surface area (Å²) in [5, 5.41) is 6.95. The summed E-state index contributed by atoms with van der Waals surface area (Å²) in [6.45, 7) is 3.01. The maximum atomic E-state index is 12.7. The van der Waals surface area contributed by atoms with Gasteiger partial charge in [-0.3, -0.25) is 9.89 Å². The van der Waals surface area contributed by atoms with Crippen molar-refractivity contribution >= 4 is 34.5 Å². The lowest BCUT2D eigenvalue weighted by atomic mass is 10.0. The maximum Gasteiger partial charge on any atom is 0.359 e. The Morgan fingerprint density at radius 1 is 1.39 bits per heavy atom. The number of amides is 1. The van der Waals surface area contributed by atoms with E-state index in [1.165, 1.54) is 0 Å². The Labute approximate surface area is 147 Å². The van der Waals surface area contributed by atoms with Crippen molar-refractivity contribution in [1.29, 1.82) is 0 Å². The minimum atomic E-state index is -0.450. The van der Waals surface area contributed by atoms with Gasteiger partial charge >= 0.3 is 5.97 Å². The molecule has 1 amide bonds. The van der Waals surface area contributed by atoms with Gasteiger partial charge in [-0.15, -0.1) is 0 Å². The van der Waals surface area contributed by atoms with Crippen LogP contribution >= 0.6 is 22.6 Å². The van der Waals surface area contributed by atoms with Crippen molar-refractivity contribution < 1.29 is 14.3 Å². The van der Waals surface area contributed by atoms with E-state index in [1.807, 2.05) is 24.3 Å². The fraction of sp³-hybridized carbons (Fsp3) is 0.312. The highest BCUT2D eigenvalue weighted by molar-refractivity contribution is 14.1. The van der Waals surface area contributed by atoms with Gasteiger partial charge in [0.25, 0.3) is 5.91 Å². The van der Waals surface area contributed by atoms with E-state index in [0.29, 0.717) is 31.7 Å². The molecule has 0 saturated carbocycles. The van der Waals surface area contributed by atoms with Gasteiger partial charge in [-0.1, -0.05) is 12.1 Å². The number of halogens is 1. The van der Waals surface area contributed by atoms with Gasteiger partial charge in [-0.05, 0) is 41.6 Å². The minimum Gasteiger partial charge on any atom is -0.461 e. The predicted octanol–water partition coefficient (Wildman–Crippen LogP) is 2.39. The molecule has 0 spiro atoms. The van der Waals surface area contributed by atoms with E-state index in [1.54, 1.807) is 11.8 Å². The molecule has 2 heterocycles. The third-order valence-electron chi connectivity index (χ3n) is 3.79. The van der Waals surface area contributed by atoms with E-state index >= 15 is 0 Å². The predicted molar refractivity (Wildman–Crippen MR) is 92.1 cm³/mol. The Morgan fingerprint density at radius 2 is 2.17 bits per heavy atom. The second kappa shape index (κ2) is 6.69. The zero-order valence-corrected chi connectivity index (χ0v) is 14.8. The number of ether oxygens (including phenoxy) is 1. The summed E-state index contributed by atoms with van der Waals surface area (Å²) in [5.41, 5.74) is 2.62. The zero-order chi connectivity index (χ0) is 16.4. The maximum absolute atomic E-state index is 12.7. The zero-order valence-electron chi connectivity index (χ0n) is 12.6. The number of fused-ring (bicyclic) bond motifs is 1. The van der Waals surface area contributed by atoms with Gasteiger partial charge in [0.1, 0.15) is 0 Å². The molecule has 3 rings (SSSR count). The van der Waals surface area contributed by atoms with Crippen LogP contribution in [0.2, 0.25) is 0 Å². The molecule has 2 aromatic rings. The van der Waals surface area contributed by atoms with Crippen molar-refractivity contribution in [2.75, 3.05) is 13.2 Å². The van der Waals surface area contributed by atoms with Crippen molar-refractivity contribution in [3.63, 3.8) is 0 Å². The largest absolute Gasteiger partial charge is 0.461 e. The van der Waals surface area contributed by atoms with Crippen LogP contribution in [0.5, 0.6) is 0 Å². The molecule has 0 fully saturated rings. The van der Waals surface area contributed by atoms with Crippen LogP contribution < -0.4 is 0 Å². The fourth-order valence-electron chi connectivity index (χ4n) is 2.64. The number of rotatable bonds is 3. The summed E-state index contributed by atoms with van der Waals surface area (Å²) in [4.78, 5) is 26.5. The lowest BCUT2D eigenvalue weighted by Gasteiger charge is -2.27. The third-order valence-corrected chi connectivity index (χ3v) is 4.73.